The van der Waals surface area contributed by atoms with Crippen molar-refractivity contribution in [2.24, 2.45) is 4.99 Å². The molecule has 0 unspecified atom stereocenters. The van der Waals surface area contributed by atoms with Crippen molar-refractivity contribution in [3.05, 3.63) is 144 Å². The fraction of sp³-hybridized carbons (Fsp3) is 0.231. The summed E-state index contributed by atoms with van der Waals surface area (Å²) < 4.78 is 20.5. The average Bonchev–Trinajstić information content (AvgIpc) is 3.57. The third kappa shape index (κ3) is 6.51. The van der Waals surface area contributed by atoms with Crippen LogP contribution in [0.5, 0.6) is 5.75 Å². The molecule has 10 heteroatoms. The first-order valence-electron chi connectivity index (χ1n) is 16.2. The van der Waals surface area contributed by atoms with Crippen molar-refractivity contribution < 1.29 is 23.8 Å². The first-order chi connectivity index (χ1) is 23.7. The van der Waals surface area contributed by atoms with Crippen LogP contribution in [0.2, 0.25) is 0 Å². The summed E-state index contributed by atoms with van der Waals surface area (Å²) in [6, 6.07) is 25.4. The highest BCUT2D eigenvalue weighted by atomic mass is 32.1. The van der Waals surface area contributed by atoms with E-state index < -0.39 is 12.0 Å². The van der Waals surface area contributed by atoms with Crippen LogP contribution >= 0.6 is 11.3 Å². The zero-order valence-electron chi connectivity index (χ0n) is 28.1. The van der Waals surface area contributed by atoms with Gasteiger partial charge in [-0.15, -0.1) is 0 Å². The van der Waals surface area contributed by atoms with Crippen LogP contribution < -0.4 is 19.6 Å². The van der Waals surface area contributed by atoms with Crippen LogP contribution in [0.15, 0.2) is 100 Å². The number of aromatic nitrogens is 2. The lowest BCUT2D eigenvalue weighted by Gasteiger charge is -2.26. The zero-order chi connectivity index (χ0) is 34.7. The topological polar surface area (TPSA) is 101 Å². The molecule has 3 aromatic carbocycles. The van der Waals surface area contributed by atoms with Crippen LogP contribution in [0, 0.1) is 13.8 Å². The van der Waals surface area contributed by atoms with Gasteiger partial charge in [0.25, 0.3) is 5.56 Å². The molecule has 1 atom stereocenters. The number of fused-ring (bicyclic) bond motifs is 1. The summed E-state index contributed by atoms with van der Waals surface area (Å²) in [4.78, 5) is 45.8. The Balaban J connectivity index is 1.52. The molecule has 3 heterocycles. The van der Waals surface area contributed by atoms with Crippen molar-refractivity contribution in [2.45, 2.75) is 40.7 Å². The third-order valence-corrected chi connectivity index (χ3v) is 9.26. The Morgan fingerprint density at radius 3 is 2.18 bits per heavy atom. The summed E-state index contributed by atoms with van der Waals surface area (Å²) in [5.74, 6) is -0.207. The Kier molecular flexibility index (Phi) is 9.77. The number of carbonyl (C=O) groups is 2. The van der Waals surface area contributed by atoms with Crippen LogP contribution in [0.25, 0.3) is 17.5 Å². The van der Waals surface area contributed by atoms with Crippen LogP contribution in [0.1, 0.15) is 65.2 Å². The van der Waals surface area contributed by atoms with Gasteiger partial charge in [0.2, 0.25) is 0 Å². The number of hydrogen-bond acceptors (Lipinski definition) is 8. The Labute approximate surface area is 288 Å². The molecule has 1 aliphatic heterocycles. The lowest BCUT2D eigenvalue weighted by atomic mass is 9.93. The molecular formula is C39H37N3O6S. The van der Waals surface area contributed by atoms with Gasteiger partial charge in [0.15, 0.2) is 4.80 Å². The maximum Gasteiger partial charge on any atom is 0.338 e. The molecule has 49 heavy (non-hydrogen) atoms. The SMILES string of the molecule is CCOC(=O)C1=C(c2ccccc2)N=c2s/c(=C\c3cc(C)n(-c4ccc(C(=O)OCC)cc4)c3C)c(=O)n2[C@@H]1c1ccc(OCC)cc1. The lowest BCUT2D eigenvalue weighted by molar-refractivity contribution is -0.138. The number of rotatable bonds is 10. The molecule has 1 aliphatic rings. The van der Waals surface area contributed by atoms with E-state index in [0.717, 1.165) is 33.8 Å². The predicted molar refractivity (Wildman–Crippen MR) is 190 cm³/mol. The summed E-state index contributed by atoms with van der Waals surface area (Å²) in [7, 11) is 0. The van der Waals surface area contributed by atoms with Crippen molar-refractivity contribution in [1.82, 2.24) is 9.13 Å². The van der Waals surface area contributed by atoms with Gasteiger partial charge in [-0.25, -0.2) is 14.6 Å². The van der Waals surface area contributed by atoms with E-state index in [0.29, 0.717) is 45.1 Å². The number of nitrogens with zero attached hydrogens (tertiary/aromatic N) is 3. The van der Waals surface area contributed by atoms with Gasteiger partial charge in [0.1, 0.15) is 5.75 Å². The van der Waals surface area contributed by atoms with Crippen LogP contribution in [0.4, 0.5) is 0 Å². The highest BCUT2D eigenvalue weighted by Gasteiger charge is 2.35. The quantitative estimate of drug-likeness (QED) is 0.171. The molecule has 0 fully saturated rings. The first-order valence-corrected chi connectivity index (χ1v) is 17.0. The largest absolute Gasteiger partial charge is 0.494 e. The fourth-order valence-corrected chi connectivity index (χ4v) is 7.09. The number of carbonyl (C=O) groups excluding carboxylic acids is 2. The standard InChI is InChI=1S/C39H37N3O6S/c1-6-46-31-20-16-27(17-21-31)35-33(38(45)48-8-3)34(26-12-10-9-11-13-26)40-39-42(35)36(43)32(49-39)23-29-22-24(4)41(25(29)5)30-18-14-28(15-19-30)37(44)47-7-2/h9-23,35H,6-8H2,1-5H3/b32-23-/t35-/m1/s1. The second-order valence-corrected chi connectivity index (χ2v) is 12.4. The van der Waals surface area contributed by atoms with Crippen molar-refractivity contribution in [3.8, 4) is 11.4 Å². The van der Waals surface area contributed by atoms with Gasteiger partial charge in [0, 0.05) is 22.6 Å². The minimum atomic E-state index is -0.784. The lowest BCUT2D eigenvalue weighted by Crippen LogP contribution is -2.40. The summed E-state index contributed by atoms with van der Waals surface area (Å²) in [5, 5.41) is 0. The van der Waals surface area contributed by atoms with Crippen molar-refractivity contribution in [3.63, 3.8) is 0 Å². The molecule has 2 aromatic heterocycles. The molecule has 0 bridgehead atoms. The normalized spacial score (nSPS) is 14.3. The van der Waals surface area contributed by atoms with Crippen molar-refractivity contribution in [1.29, 1.82) is 0 Å². The first kappa shape index (κ1) is 33.4. The van der Waals surface area contributed by atoms with Crippen LogP contribution in [0.3, 0.4) is 0 Å². The summed E-state index contributed by atoms with van der Waals surface area (Å²) in [6.45, 7) is 10.4. The predicted octanol–water partition coefficient (Wildman–Crippen LogP) is 5.92. The van der Waals surface area contributed by atoms with Gasteiger partial charge >= 0.3 is 11.9 Å². The van der Waals surface area contributed by atoms with Gasteiger partial charge in [-0.3, -0.25) is 9.36 Å². The molecule has 5 aromatic rings. The number of ether oxygens (including phenoxy) is 3. The molecule has 250 valence electrons. The number of benzene rings is 3. The summed E-state index contributed by atoms with van der Waals surface area (Å²) in [5.41, 5.74) is 6.08. The molecule has 0 saturated heterocycles. The second kappa shape index (κ2) is 14.3. The van der Waals surface area contributed by atoms with E-state index in [1.54, 1.807) is 30.5 Å². The van der Waals surface area contributed by atoms with Crippen molar-refractivity contribution in [2.75, 3.05) is 19.8 Å². The summed E-state index contributed by atoms with van der Waals surface area (Å²) in [6.07, 6.45) is 1.88. The molecule has 0 aliphatic carbocycles. The van der Waals surface area contributed by atoms with E-state index in [1.165, 1.54) is 11.3 Å². The maximum atomic E-state index is 14.4. The molecule has 0 saturated carbocycles. The fourth-order valence-electron chi connectivity index (χ4n) is 6.10. The van der Waals surface area contributed by atoms with E-state index in [2.05, 4.69) is 4.57 Å². The van der Waals surface area contributed by atoms with E-state index in [1.807, 2.05) is 99.6 Å². The Morgan fingerprint density at radius 2 is 1.53 bits per heavy atom. The van der Waals surface area contributed by atoms with Gasteiger partial charge < -0.3 is 18.8 Å². The Morgan fingerprint density at radius 1 is 0.857 bits per heavy atom. The van der Waals surface area contributed by atoms with Gasteiger partial charge in [0.05, 0.1) is 47.2 Å². The number of aryl methyl sites for hydroxylation is 1. The van der Waals surface area contributed by atoms with Gasteiger partial charge in [-0.2, -0.15) is 0 Å². The second-order valence-electron chi connectivity index (χ2n) is 11.4. The van der Waals surface area contributed by atoms with Crippen LogP contribution in [-0.4, -0.2) is 40.9 Å². The average molecular weight is 676 g/mol. The third-order valence-electron chi connectivity index (χ3n) is 8.27. The number of thiazole rings is 1. The summed E-state index contributed by atoms with van der Waals surface area (Å²) >= 11 is 1.28. The Hall–Kier alpha value is -5.48. The molecule has 6 rings (SSSR count). The number of hydrogen-bond donors (Lipinski definition) is 0. The highest BCUT2D eigenvalue weighted by Crippen LogP contribution is 2.36. The van der Waals surface area contributed by atoms with E-state index in [-0.39, 0.29) is 18.1 Å². The van der Waals surface area contributed by atoms with Gasteiger partial charge in [-0.05, 0) is 94.3 Å². The maximum absolute atomic E-state index is 14.4. The minimum absolute atomic E-state index is 0.173. The minimum Gasteiger partial charge on any atom is -0.494 e. The van der Waals surface area contributed by atoms with E-state index >= 15 is 0 Å². The Bertz CT molecular complexity index is 2230. The van der Waals surface area contributed by atoms with E-state index in [9.17, 15) is 14.4 Å². The van der Waals surface area contributed by atoms with Crippen molar-refractivity contribution >= 4 is 35.0 Å². The van der Waals surface area contributed by atoms with Crippen LogP contribution in [-0.2, 0) is 14.3 Å². The number of esters is 2. The molecule has 0 amide bonds. The highest BCUT2D eigenvalue weighted by molar-refractivity contribution is 7.07. The molecule has 0 spiro atoms. The molecule has 9 nitrogen and oxygen atoms in total. The zero-order valence-corrected chi connectivity index (χ0v) is 28.9. The van der Waals surface area contributed by atoms with Gasteiger partial charge in [-0.1, -0.05) is 53.8 Å². The molecule has 0 N–H and O–H groups in total. The molecular weight excluding hydrogens is 639 g/mol. The smallest absolute Gasteiger partial charge is 0.338 e. The monoisotopic (exact) mass is 675 g/mol. The van der Waals surface area contributed by atoms with E-state index in [4.69, 9.17) is 19.2 Å². The molecule has 0 radical (unpaired) electrons.